The molecule has 0 radical (unpaired) electrons. The lowest BCUT2D eigenvalue weighted by Gasteiger charge is -2.09. The highest BCUT2D eigenvalue weighted by molar-refractivity contribution is 7.99. The number of furan rings is 1. The summed E-state index contributed by atoms with van der Waals surface area (Å²) in [5.74, 6) is 0.781. The SMILES string of the molecule is CCCC(SCc1occc1C)C(=O)O. The molecule has 1 aromatic heterocycles. The van der Waals surface area contributed by atoms with Gasteiger partial charge in [0.05, 0.1) is 12.0 Å². The highest BCUT2D eigenvalue weighted by Gasteiger charge is 2.17. The van der Waals surface area contributed by atoms with Crippen molar-refractivity contribution < 1.29 is 14.3 Å². The van der Waals surface area contributed by atoms with Crippen molar-refractivity contribution in [2.75, 3.05) is 0 Å². The first-order valence-corrected chi connectivity index (χ1v) is 6.07. The third-order valence-corrected chi connectivity index (χ3v) is 3.48. The Hall–Kier alpha value is -0.900. The highest BCUT2D eigenvalue weighted by atomic mass is 32.2. The predicted octanol–water partition coefficient (Wildman–Crippen LogP) is 3.07. The first kappa shape index (κ1) is 12.2. The van der Waals surface area contributed by atoms with Crippen LogP contribution in [0.15, 0.2) is 16.7 Å². The maximum Gasteiger partial charge on any atom is 0.316 e. The summed E-state index contributed by atoms with van der Waals surface area (Å²) in [7, 11) is 0. The Morgan fingerprint density at radius 1 is 1.67 bits per heavy atom. The van der Waals surface area contributed by atoms with Gasteiger partial charge in [0.1, 0.15) is 11.0 Å². The van der Waals surface area contributed by atoms with Crippen LogP contribution in [-0.4, -0.2) is 16.3 Å². The summed E-state index contributed by atoms with van der Waals surface area (Å²) in [5, 5.41) is 8.63. The average molecular weight is 228 g/mol. The molecule has 3 nitrogen and oxygen atoms in total. The van der Waals surface area contributed by atoms with Gasteiger partial charge < -0.3 is 9.52 Å². The van der Waals surface area contributed by atoms with Crippen LogP contribution < -0.4 is 0 Å². The number of thioether (sulfide) groups is 1. The molecule has 15 heavy (non-hydrogen) atoms. The van der Waals surface area contributed by atoms with Gasteiger partial charge in [-0.2, -0.15) is 0 Å². The third-order valence-electron chi connectivity index (χ3n) is 2.21. The number of hydrogen-bond acceptors (Lipinski definition) is 3. The molecular formula is C11H16O3S. The standard InChI is InChI=1S/C11H16O3S/c1-3-4-10(11(12)13)15-7-9-8(2)5-6-14-9/h5-6,10H,3-4,7H2,1-2H3,(H,12,13). The second-order valence-corrected chi connectivity index (χ2v) is 4.64. The lowest BCUT2D eigenvalue weighted by atomic mass is 10.2. The second-order valence-electron chi connectivity index (χ2n) is 3.45. The van der Waals surface area contributed by atoms with Crippen molar-refractivity contribution in [1.82, 2.24) is 0 Å². The molecule has 1 atom stereocenters. The molecule has 4 heteroatoms. The Balaban J connectivity index is 2.47. The first-order chi connectivity index (χ1) is 7.15. The Morgan fingerprint density at radius 3 is 2.87 bits per heavy atom. The van der Waals surface area contributed by atoms with Crippen LogP contribution in [0.3, 0.4) is 0 Å². The Bertz CT molecular complexity index is 319. The fraction of sp³-hybridized carbons (Fsp3) is 0.545. The van der Waals surface area contributed by atoms with E-state index < -0.39 is 5.97 Å². The molecule has 0 fully saturated rings. The van der Waals surface area contributed by atoms with Crippen molar-refractivity contribution >= 4 is 17.7 Å². The summed E-state index contributed by atoms with van der Waals surface area (Å²) < 4.78 is 5.26. The summed E-state index contributed by atoms with van der Waals surface area (Å²) in [6.07, 6.45) is 3.24. The number of carboxylic acid groups (broad SMARTS) is 1. The van der Waals surface area contributed by atoms with Gasteiger partial charge in [-0.05, 0) is 25.0 Å². The van der Waals surface area contributed by atoms with Crippen LogP contribution in [0.25, 0.3) is 0 Å². The fourth-order valence-corrected chi connectivity index (χ4v) is 2.46. The summed E-state index contributed by atoms with van der Waals surface area (Å²) in [4.78, 5) is 10.9. The van der Waals surface area contributed by atoms with E-state index in [1.807, 2.05) is 19.9 Å². The number of rotatable bonds is 6. The molecule has 0 aromatic carbocycles. The molecule has 0 spiro atoms. The van der Waals surface area contributed by atoms with Crippen LogP contribution in [0.2, 0.25) is 0 Å². The molecule has 1 aromatic rings. The average Bonchev–Trinajstić information content (AvgIpc) is 2.58. The van der Waals surface area contributed by atoms with Gasteiger partial charge >= 0.3 is 5.97 Å². The van der Waals surface area contributed by atoms with Crippen molar-refractivity contribution in [3.63, 3.8) is 0 Å². The van der Waals surface area contributed by atoms with Crippen LogP contribution >= 0.6 is 11.8 Å². The maximum absolute atomic E-state index is 10.9. The van der Waals surface area contributed by atoms with Gasteiger partial charge in [0.25, 0.3) is 0 Å². The number of carboxylic acids is 1. The van der Waals surface area contributed by atoms with Crippen LogP contribution in [0, 0.1) is 6.92 Å². The highest BCUT2D eigenvalue weighted by Crippen LogP contribution is 2.23. The monoisotopic (exact) mass is 228 g/mol. The molecule has 0 aliphatic rings. The molecule has 1 rings (SSSR count). The molecule has 0 bridgehead atoms. The van der Waals surface area contributed by atoms with Crippen molar-refractivity contribution in [2.24, 2.45) is 0 Å². The number of hydrogen-bond donors (Lipinski definition) is 1. The predicted molar refractivity (Wildman–Crippen MR) is 61.1 cm³/mol. The quantitative estimate of drug-likeness (QED) is 0.813. The van der Waals surface area contributed by atoms with E-state index in [9.17, 15) is 4.79 Å². The normalized spacial score (nSPS) is 12.7. The smallest absolute Gasteiger partial charge is 0.316 e. The zero-order valence-electron chi connectivity index (χ0n) is 9.03. The lowest BCUT2D eigenvalue weighted by Crippen LogP contribution is -2.16. The van der Waals surface area contributed by atoms with Gasteiger partial charge in [-0.3, -0.25) is 4.79 Å². The van der Waals surface area contributed by atoms with E-state index >= 15 is 0 Å². The topological polar surface area (TPSA) is 50.4 Å². The van der Waals surface area contributed by atoms with Crippen LogP contribution in [0.5, 0.6) is 0 Å². The van der Waals surface area contributed by atoms with E-state index in [1.165, 1.54) is 11.8 Å². The zero-order chi connectivity index (χ0) is 11.3. The summed E-state index contributed by atoms with van der Waals surface area (Å²) in [6, 6.07) is 1.89. The number of carbonyl (C=O) groups is 1. The van der Waals surface area contributed by atoms with E-state index in [0.717, 1.165) is 17.7 Å². The molecular weight excluding hydrogens is 212 g/mol. The lowest BCUT2D eigenvalue weighted by molar-refractivity contribution is -0.136. The molecule has 1 N–H and O–H groups in total. The van der Waals surface area contributed by atoms with Gasteiger partial charge in [0.2, 0.25) is 0 Å². The fourth-order valence-electron chi connectivity index (χ4n) is 1.27. The molecule has 84 valence electrons. The van der Waals surface area contributed by atoms with Gasteiger partial charge in [-0.15, -0.1) is 11.8 Å². The summed E-state index contributed by atoms with van der Waals surface area (Å²) in [6.45, 7) is 3.96. The van der Waals surface area contributed by atoms with Crippen molar-refractivity contribution in [3.05, 3.63) is 23.7 Å². The summed E-state index contributed by atoms with van der Waals surface area (Å²) in [5.41, 5.74) is 1.09. The van der Waals surface area contributed by atoms with E-state index in [0.29, 0.717) is 12.2 Å². The molecule has 0 aliphatic carbocycles. The van der Waals surface area contributed by atoms with E-state index in [-0.39, 0.29) is 5.25 Å². The van der Waals surface area contributed by atoms with Crippen LogP contribution in [0.4, 0.5) is 0 Å². The minimum atomic E-state index is -0.731. The minimum absolute atomic E-state index is 0.320. The van der Waals surface area contributed by atoms with E-state index in [2.05, 4.69) is 0 Å². The third kappa shape index (κ3) is 3.63. The first-order valence-electron chi connectivity index (χ1n) is 5.02. The van der Waals surface area contributed by atoms with Crippen molar-refractivity contribution in [3.8, 4) is 0 Å². The number of aryl methyl sites for hydroxylation is 1. The van der Waals surface area contributed by atoms with Crippen molar-refractivity contribution in [1.29, 1.82) is 0 Å². The molecule has 0 saturated heterocycles. The van der Waals surface area contributed by atoms with E-state index in [1.54, 1.807) is 6.26 Å². The summed E-state index contributed by atoms with van der Waals surface area (Å²) >= 11 is 1.43. The van der Waals surface area contributed by atoms with Gasteiger partial charge in [0, 0.05) is 0 Å². The zero-order valence-corrected chi connectivity index (χ0v) is 9.84. The van der Waals surface area contributed by atoms with Crippen molar-refractivity contribution in [2.45, 2.75) is 37.7 Å². The second kappa shape index (κ2) is 5.85. The number of aliphatic carboxylic acids is 1. The minimum Gasteiger partial charge on any atom is -0.480 e. The molecule has 0 amide bonds. The van der Waals surface area contributed by atoms with Crippen LogP contribution in [0.1, 0.15) is 31.1 Å². The Kier molecular flexibility index (Phi) is 4.75. The Labute approximate surface area is 93.9 Å². The molecule has 0 saturated carbocycles. The van der Waals surface area contributed by atoms with Gasteiger partial charge in [-0.1, -0.05) is 13.3 Å². The maximum atomic E-state index is 10.9. The van der Waals surface area contributed by atoms with E-state index in [4.69, 9.17) is 9.52 Å². The molecule has 0 aliphatic heterocycles. The van der Waals surface area contributed by atoms with Gasteiger partial charge in [0.15, 0.2) is 0 Å². The van der Waals surface area contributed by atoms with Crippen LogP contribution in [-0.2, 0) is 10.5 Å². The Morgan fingerprint density at radius 2 is 2.40 bits per heavy atom. The molecule has 1 heterocycles. The largest absolute Gasteiger partial charge is 0.480 e. The molecule has 1 unspecified atom stereocenters. The van der Waals surface area contributed by atoms with Gasteiger partial charge in [-0.25, -0.2) is 0 Å².